The molecule has 0 saturated heterocycles. The Bertz CT molecular complexity index is 543. The van der Waals surface area contributed by atoms with Crippen LogP contribution in [-0.4, -0.2) is 4.98 Å². The van der Waals surface area contributed by atoms with Crippen LogP contribution < -0.4 is 10.5 Å². The first kappa shape index (κ1) is 12.9. The summed E-state index contributed by atoms with van der Waals surface area (Å²) >= 11 is 6.11. The van der Waals surface area contributed by atoms with Gasteiger partial charge in [-0.05, 0) is 24.6 Å². The van der Waals surface area contributed by atoms with Crippen LogP contribution in [0.4, 0.5) is 0 Å². The Labute approximate surface area is 112 Å². The standard InChI is InChI=1S/C14H15ClN2O/c1-10-4-3-7-17-13(10)9-18-14-11(8-16)5-2-6-12(14)15/h2-7H,8-9,16H2,1H3. The molecule has 2 rings (SSSR count). The Morgan fingerprint density at radius 2 is 2.11 bits per heavy atom. The zero-order valence-electron chi connectivity index (χ0n) is 10.2. The van der Waals surface area contributed by atoms with Crippen LogP contribution in [0.5, 0.6) is 5.75 Å². The van der Waals surface area contributed by atoms with Gasteiger partial charge in [0.25, 0.3) is 0 Å². The second-order valence-corrected chi connectivity index (χ2v) is 4.40. The molecule has 1 aromatic carbocycles. The lowest BCUT2D eigenvalue weighted by atomic mass is 10.2. The van der Waals surface area contributed by atoms with Crippen molar-refractivity contribution in [2.45, 2.75) is 20.1 Å². The van der Waals surface area contributed by atoms with Gasteiger partial charge in [-0.1, -0.05) is 29.8 Å². The molecule has 0 aliphatic rings. The molecule has 0 aliphatic heterocycles. The Hall–Kier alpha value is -1.58. The number of benzene rings is 1. The molecule has 0 amide bonds. The van der Waals surface area contributed by atoms with E-state index in [0.717, 1.165) is 16.8 Å². The van der Waals surface area contributed by atoms with Gasteiger partial charge >= 0.3 is 0 Å². The van der Waals surface area contributed by atoms with Crippen LogP contribution in [0.2, 0.25) is 5.02 Å². The summed E-state index contributed by atoms with van der Waals surface area (Å²) in [5.74, 6) is 0.645. The molecule has 0 aliphatic carbocycles. The zero-order chi connectivity index (χ0) is 13.0. The summed E-state index contributed by atoms with van der Waals surface area (Å²) in [4.78, 5) is 4.28. The minimum Gasteiger partial charge on any atom is -0.485 e. The van der Waals surface area contributed by atoms with Crippen molar-refractivity contribution in [1.82, 2.24) is 4.98 Å². The van der Waals surface area contributed by atoms with E-state index in [-0.39, 0.29) is 0 Å². The van der Waals surface area contributed by atoms with Crippen molar-refractivity contribution in [1.29, 1.82) is 0 Å². The molecule has 0 saturated carbocycles. The SMILES string of the molecule is Cc1cccnc1COc1c(Cl)cccc1CN. The highest BCUT2D eigenvalue weighted by Crippen LogP contribution is 2.29. The van der Waals surface area contributed by atoms with Crippen LogP contribution in [0.15, 0.2) is 36.5 Å². The van der Waals surface area contributed by atoms with Crippen molar-refractivity contribution < 1.29 is 4.74 Å². The fourth-order valence-corrected chi connectivity index (χ4v) is 1.93. The summed E-state index contributed by atoms with van der Waals surface area (Å²) in [6.45, 7) is 2.79. The number of aryl methyl sites for hydroxylation is 1. The molecule has 4 heteroatoms. The monoisotopic (exact) mass is 262 g/mol. The van der Waals surface area contributed by atoms with Gasteiger partial charge in [0.2, 0.25) is 0 Å². The van der Waals surface area contributed by atoms with E-state index in [1.165, 1.54) is 0 Å². The lowest BCUT2D eigenvalue weighted by Crippen LogP contribution is -2.05. The van der Waals surface area contributed by atoms with Crippen molar-refractivity contribution in [3.63, 3.8) is 0 Å². The minimum absolute atomic E-state index is 0.392. The summed E-state index contributed by atoms with van der Waals surface area (Å²) in [6, 6.07) is 9.47. The lowest BCUT2D eigenvalue weighted by molar-refractivity contribution is 0.297. The van der Waals surface area contributed by atoms with E-state index in [1.54, 1.807) is 12.3 Å². The molecule has 2 N–H and O–H groups in total. The molecule has 94 valence electrons. The average Bonchev–Trinajstić information content (AvgIpc) is 2.39. The summed E-state index contributed by atoms with van der Waals surface area (Å²) in [7, 11) is 0. The third-order valence-corrected chi connectivity index (χ3v) is 3.04. The van der Waals surface area contributed by atoms with Gasteiger partial charge < -0.3 is 10.5 Å². The molecule has 0 bridgehead atoms. The number of para-hydroxylation sites is 1. The average molecular weight is 263 g/mol. The molecule has 0 spiro atoms. The van der Waals surface area contributed by atoms with Crippen molar-refractivity contribution in [3.05, 3.63) is 58.4 Å². The number of nitrogens with two attached hydrogens (primary N) is 1. The maximum Gasteiger partial charge on any atom is 0.142 e. The van der Waals surface area contributed by atoms with Crippen LogP contribution in [0.3, 0.4) is 0 Å². The Morgan fingerprint density at radius 3 is 2.83 bits per heavy atom. The van der Waals surface area contributed by atoms with E-state index in [2.05, 4.69) is 4.98 Å². The van der Waals surface area contributed by atoms with Gasteiger partial charge in [0, 0.05) is 18.3 Å². The highest BCUT2D eigenvalue weighted by molar-refractivity contribution is 6.32. The minimum atomic E-state index is 0.392. The van der Waals surface area contributed by atoms with E-state index in [0.29, 0.717) is 23.9 Å². The lowest BCUT2D eigenvalue weighted by Gasteiger charge is -2.12. The summed E-state index contributed by atoms with van der Waals surface area (Å²) in [5, 5.41) is 0.575. The number of pyridine rings is 1. The molecular formula is C14H15ClN2O. The fraction of sp³-hybridized carbons (Fsp3) is 0.214. The number of hydrogen-bond acceptors (Lipinski definition) is 3. The third kappa shape index (κ3) is 2.81. The quantitative estimate of drug-likeness (QED) is 0.921. The van der Waals surface area contributed by atoms with E-state index >= 15 is 0 Å². The number of nitrogens with zero attached hydrogens (tertiary/aromatic N) is 1. The van der Waals surface area contributed by atoms with Gasteiger partial charge in [0.05, 0.1) is 10.7 Å². The van der Waals surface area contributed by atoms with E-state index in [9.17, 15) is 0 Å². The first-order valence-corrected chi connectivity index (χ1v) is 6.11. The molecule has 1 aromatic heterocycles. The van der Waals surface area contributed by atoms with Crippen LogP contribution in [0.1, 0.15) is 16.8 Å². The van der Waals surface area contributed by atoms with Gasteiger partial charge in [0.15, 0.2) is 0 Å². The molecule has 2 aromatic rings. The number of aromatic nitrogens is 1. The fourth-order valence-electron chi connectivity index (χ4n) is 1.69. The van der Waals surface area contributed by atoms with Crippen molar-refractivity contribution in [2.24, 2.45) is 5.73 Å². The maximum absolute atomic E-state index is 6.11. The molecule has 0 radical (unpaired) electrons. The van der Waals surface area contributed by atoms with Gasteiger partial charge in [-0.25, -0.2) is 0 Å². The van der Waals surface area contributed by atoms with E-state index in [4.69, 9.17) is 22.1 Å². The largest absolute Gasteiger partial charge is 0.485 e. The molecule has 1 heterocycles. The predicted molar refractivity (Wildman–Crippen MR) is 72.6 cm³/mol. The number of rotatable bonds is 4. The second kappa shape index (κ2) is 5.85. The molecule has 3 nitrogen and oxygen atoms in total. The van der Waals surface area contributed by atoms with E-state index in [1.807, 2.05) is 31.2 Å². The van der Waals surface area contributed by atoms with Crippen LogP contribution in [-0.2, 0) is 13.2 Å². The van der Waals surface area contributed by atoms with Crippen molar-refractivity contribution >= 4 is 11.6 Å². The second-order valence-electron chi connectivity index (χ2n) is 3.99. The number of hydrogen-bond donors (Lipinski definition) is 1. The predicted octanol–water partition coefficient (Wildman–Crippen LogP) is 3.08. The third-order valence-electron chi connectivity index (χ3n) is 2.74. The van der Waals surface area contributed by atoms with Crippen LogP contribution >= 0.6 is 11.6 Å². The smallest absolute Gasteiger partial charge is 0.142 e. The van der Waals surface area contributed by atoms with Gasteiger partial charge in [-0.15, -0.1) is 0 Å². The molecular weight excluding hydrogens is 248 g/mol. The summed E-state index contributed by atoms with van der Waals surface area (Å²) in [6.07, 6.45) is 1.75. The molecule has 0 fully saturated rings. The topological polar surface area (TPSA) is 48.1 Å². The first-order valence-electron chi connectivity index (χ1n) is 5.73. The highest BCUT2D eigenvalue weighted by Gasteiger charge is 2.08. The van der Waals surface area contributed by atoms with Crippen LogP contribution in [0, 0.1) is 6.92 Å². The van der Waals surface area contributed by atoms with E-state index < -0.39 is 0 Å². The van der Waals surface area contributed by atoms with Gasteiger partial charge in [0.1, 0.15) is 12.4 Å². The normalized spacial score (nSPS) is 10.4. The van der Waals surface area contributed by atoms with Gasteiger partial charge in [-0.2, -0.15) is 0 Å². The Kier molecular flexibility index (Phi) is 4.18. The number of halogens is 1. The molecule has 0 atom stereocenters. The first-order chi connectivity index (χ1) is 8.72. The van der Waals surface area contributed by atoms with Crippen molar-refractivity contribution in [2.75, 3.05) is 0 Å². The Balaban J connectivity index is 2.18. The zero-order valence-corrected chi connectivity index (χ0v) is 10.9. The highest BCUT2D eigenvalue weighted by atomic mass is 35.5. The molecule has 0 unspecified atom stereocenters. The van der Waals surface area contributed by atoms with Gasteiger partial charge in [-0.3, -0.25) is 4.98 Å². The Morgan fingerprint density at radius 1 is 1.28 bits per heavy atom. The molecule has 18 heavy (non-hydrogen) atoms. The van der Waals surface area contributed by atoms with Crippen molar-refractivity contribution in [3.8, 4) is 5.75 Å². The summed E-state index contributed by atoms with van der Waals surface area (Å²) in [5.41, 5.74) is 8.56. The number of ether oxygens (including phenoxy) is 1. The summed E-state index contributed by atoms with van der Waals surface area (Å²) < 4.78 is 5.75. The maximum atomic E-state index is 6.11. The van der Waals surface area contributed by atoms with Crippen LogP contribution in [0.25, 0.3) is 0 Å².